The molecule has 0 saturated carbocycles. The first kappa shape index (κ1) is 15.5. The normalized spacial score (nSPS) is 13.0. The van der Waals surface area contributed by atoms with Crippen LogP contribution in [0.15, 0.2) is 0 Å². The van der Waals surface area contributed by atoms with Crippen LogP contribution in [0.5, 0.6) is 0 Å². The summed E-state index contributed by atoms with van der Waals surface area (Å²) >= 11 is 0. The van der Waals surface area contributed by atoms with E-state index in [1.807, 2.05) is 0 Å². The Hall–Kier alpha value is -0.530. The molecular weight excluding hydrogens is 200 g/mol. The Morgan fingerprint density at radius 3 is 2.12 bits per heavy atom. The summed E-state index contributed by atoms with van der Waals surface area (Å²) in [4.78, 5) is 11.0. The van der Waals surface area contributed by atoms with Gasteiger partial charge in [0.25, 0.3) is 0 Å². The van der Waals surface area contributed by atoms with Gasteiger partial charge in [0.05, 0.1) is 5.92 Å². The summed E-state index contributed by atoms with van der Waals surface area (Å²) < 4.78 is 0. The van der Waals surface area contributed by atoms with Crippen LogP contribution in [0.2, 0.25) is 0 Å². The molecule has 0 amide bonds. The Balaban J connectivity index is 3.57. The fourth-order valence-corrected chi connectivity index (χ4v) is 2.08. The molecule has 2 heteroatoms. The van der Waals surface area contributed by atoms with Crippen molar-refractivity contribution in [2.24, 2.45) is 11.8 Å². The third-order valence-corrected chi connectivity index (χ3v) is 3.01. The van der Waals surface area contributed by atoms with Crippen molar-refractivity contribution >= 4 is 5.97 Å². The molecule has 0 aromatic carbocycles. The van der Waals surface area contributed by atoms with Gasteiger partial charge in [0.15, 0.2) is 0 Å². The van der Waals surface area contributed by atoms with Gasteiger partial charge < -0.3 is 5.11 Å². The number of unbranched alkanes of at least 4 members (excludes halogenated alkanes) is 5. The summed E-state index contributed by atoms with van der Waals surface area (Å²) in [6, 6.07) is 0. The quantitative estimate of drug-likeness (QED) is 0.560. The minimum atomic E-state index is -0.609. The van der Waals surface area contributed by atoms with Crippen LogP contribution in [0.1, 0.15) is 72.1 Å². The second-order valence-corrected chi connectivity index (χ2v) is 5.22. The standard InChI is InChI=1S/C14H28O2/c1-4-5-6-7-8-9-10-13(14(15)16)11-12(2)3/h12-13H,4-11H2,1-3H3,(H,15,16). The van der Waals surface area contributed by atoms with E-state index in [0.29, 0.717) is 5.92 Å². The van der Waals surface area contributed by atoms with Gasteiger partial charge in [-0.1, -0.05) is 59.3 Å². The van der Waals surface area contributed by atoms with Gasteiger partial charge >= 0.3 is 5.97 Å². The van der Waals surface area contributed by atoms with E-state index >= 15 is 0 Å². The SMILES string of the molecule is CCCCCCCCC(CC(C)C)C(=O)O. The molecule has 0 fully saturated rings. The predicted molar refractivity (Wildman–Crippen MR) is 68.6 cm³/mol. The minimum absolute atomic E-state index is 0.119. The van der Waals surface area contributed by atoms with E-state index in [4.69, 9.17) is 5.11 Å². The molecule has 1 N–H and O–H groups in total. The molecule has 1 atom stereocenters. The molecule has 0 bridgehead atoms. The van der Waals surface area contributed by atoms with Gasteiger partial charge in [-0.05, 0) is 18.8 Å². The number of aliphatic carboxylic acids is 1. The molecule has 0 radical (unpaired) electrons. The van der Waals surface area contributed by atoms with Crippen LogP contribution >= 0.6 is 0 Å². The van der Waals surface area contributed by atoms with Crippen molar-refractivity contribution in [3.8, 4) is 0 Å². The van der Waals surface area contributed by atoms with Crippen molar-refractivity contribution in [1.82, 2.24) is 0 Å². The van der Waals surface area contributed by atoms with Crippen molar-refractivity contribution in [1.29, 1.82) is 0 Å². The highest BCUT2D eigenvalue weighted by molar-refractivity contribution is 5.69. The lowest BCUT2D eigenvalue weighted by Crippen LogP contribution is -2.15. The van der Waals surface area contributed by atoms with Gasteiger partial charge in [0.2, 0.25) is 0 Å². The Morgan fingerprint density at radius 1 is 1.06 bits per heavy atom. The lowest BCUT2D eigenvalue weighted by molar-refractivity contribution is -0.142. The minimum Gasteiger partial charge on any atom is -0.481 e. The first-order valence-electron chi connectivity index (χ1n) is 6.80. The summed E-state index contributed by atoms with van der Waals surface area (Å²) in [6.07, 6.45) is 9.11. The molecule has 2 nitrogen and oxygen atoms in total. The van der Waals surface area contributed by atoms with Gasteiger partial charge in [0, 0.05) is 0 Å². The maximum atomic E-state index is 11.0. The zero-order chi connectivity index (χ0) is 12.4. The molecule has 0 aromatic rings. The van der Waals surface area contributed by atoms with E-state index in [-0.39, 0.29) is 5.92 Å². The average Bonchev–Trinajstić information content (AvgIpc) is 2.20. The third kappa shape index (κ3) is 8.75. The fraction of sp³-hybridized carbons (Fsp3) is 0.929. The van der Waals surface area contributed by atoms with Crippen molar-refractivity contribution in [3.63, 3.8) is 0 Å². The summed E-state index contributed by atoms with van der Waals surface area (Å²) in [5.41, 5.74) is 0. The van der Waals surface area contributed by atoms with Crippen LogP contribution in [0.4, 0.5) is 0 Å². The largest absolute Gasteiger partial charge is 0.481 e. The van der Waals surface area contributed by atoms with Gasteiger partial charge in [-0.3, -0.25) is 4.79 Å². The van der Waals surface area contributed by atoms with E-state index in [1.54, 1.807) is 0 Å². The number of carboxylic acid groups (broad SMARTS) is 1. The van der Waals surface area contributed by atoms with Crippen molar-refractivity contribution in [2.45, 2.75) is 72.1 Å². The van der Waals surface area contributed by atoms with E-state index in [0.717, 1.165) is 19.3 Å². The maximum absolute atomic E-state index is 11.0. The van der Waals surface area contributed by atoms with Crippen LogP contribution in [-0.4, -0.2) is 11.1 Å². The monoisotopic (exact) mass is 228 g/mol. The Bertz CT molecular complexity index is 176. The van der Waals surface area contributed by atoms with Crippen molar-refractivity contribution < 1.29 is 9.90 Å². The molecule has 0 aliphatic heterocycles. The molecule has 0 aliphatic rings. The summed E-state index contributed by atoms with van der Waals surface area (Å²) in [6.45, 7) is 6.40. The topological polar surface area (TPSA) is 37.3 Å². The molecule has 0 aromatic heterocycles. The number of hydrogen-bond acceptors (Lipinski definition) is 1. The van der Waals surface area contributed by atoms with E-state index in [9.17, 15) is 4.79 Å². The Labute approximate surface area is 100 Å². The smallest absolute Gasteiger partial charge is 0.306 e. The molecule has 1 unspecified atom stereocenters. The molecule has 0 spiro atoms. The average molecular weight is 228 g/mol. The predicted octanol–water partition coefficient (Wildman–Crippen LogP) is 4.48. The van der Waals surface area contributed by atoms with Crippen LogP contribution in [-0.2, 0) is 4.79 Å². The highest BCUT2D eigenvalue weighted by Gasteiger charge is 2.17. The molecule has 0 rings (SSSR count). The zero-order valence-electron chi connectivity index (χ0n) is 11.2. The molecule has 0 heterocycles. The number of carboxylic acids is 1. The lowest BCUT2D eigenvalue weighted by atomic mass is 9.92. The second kappa shape index (κ2) is 9.68. The van der Waals surface area contributed by atoms with Crippen LogP contribution in [0.3, 0.4) is 0 Å². The summed E-state index contributed by atoms with van der Waals surface area (Å²) in [7, 11) is 0. The maximum Gasteiger partial charge on any atom is 0.306 e. The zero-order valence-corrected chi connectivity index (χ0v) is 11.2. The van der Waals surface area contributed by atoms with Crippen LogP contribution in [0.25, 0.3) is 0 Å². The molecule has 96 valence electrons. The van der Waals surface area contributed by atoms with Crippen LogP contribution in [0, 0.1) is 11.8 Å². The van der Waals surface area contributed by atoms with Crippen molar-refractivity contribution in [3.05, 3.63) is 0 Å². The van der Waals surface area contributed by atoms with Crippen LogP contribution < -0.4 is 0 Å². The summed E-state index contributed by atoms with van der Waals surface area (Å²) in [5.74, 6) is -0.241. The molecule has 0 aliphatic carbocycles. The highest BCUT2D eigenvalue weighted by atomic mass is 16.4. The Morgan fingerprint density at radius 2 is 1.62 bits per heavy atom. The number of rotatable bonds is 10. The van der Waals surface area contributed by atoms with Gasteiger partial charge in [0.1, 0.15) is 0 Å². The van der Waals surface area contributed by atoms with Gasteiger partial charge in [-0.15, -0.1) is 0 Å². The molecule has 16 heavy (non-hydrogen) atoms. The molecular formula is C14H28O2. The number of carbonyl (C=O) groups is 1. The molecule has 0 saturated heterocycles. The Kier molecular flexibility index (Phi) is 9.36. The van der Waals surface area contributed by atoms with Gasteiger partial charge in [-0.25, -0.2) is 0 Å². The van der Waals surface area contributed by atoms with E-state index < -0.39 is 5.97 Å². The first-order chi connectivity index (χ1) is 7.57. The fourth-order valence-electron chi connectivity index (χ4n) is 2.08. The number of hydrogen-bond donors (Lipinski definition) is 1. The van der Waals surface area contributed by atoms with Crippen molar-refractivity contribution in [2.75, 3.05) is 0 Å². The van der Waals surface area contributed by atoms with E-state index in [2.05, 4.69) is 20.8 Å². The lowest BCUT2D eigenvalue weighted by Gasteiger charge is -2.14. The van der Waals surface area contributed by atoms with E-state index in [1.165, 1.54) is 32.1 Å². The highest BCUT2D eigenvalue weighted by Crippen LogP contribution is 2.19. The second-order valence-electron chi connectivity index (χ2n) is 5.22. The van der Waals surface area contributed by atoms with Gasteiger partial charge in [-0.2, -0.15) is 0 Å². The third-order valence-electron chi connectivity index (χ3n) is 3.01. The summed E-state index contributed by atoms with van der Waals surface area (Å²) in [5, 5.41) is 9.06. The first-order valence-corrected chi connectivity index (χ1v) is 6.80.